The lowest BCUT2D eigenvalue weighted by Gasteiger charge is -2.25. The maximum absolute atomic E-state index is 5.37. The molecular formula is C11H22N2OS. The highest BCUT2D eigenvalue weighted by molar-refractivity contribution is 7.80. The van der Waals surface area contributed by atoms with Crippen molar-refractivity contribution >= 4 is 17.3 Å². The second kappa shape index (κ2) is 5.12. The number of hydrogen-bond donors (Lipinski definition) is 1. The molecule has 1 aliphatic rings. The molecule has 4 heteroatoms. The standard InChI is InChI=1S/C11H22N2OS/c1-9(7-14-4)12-10(15)13-6-5-11(2,3)8-13/h9H,5-8H2,1-4H3,(H,12,15). The van der Waals surface area contributed by atoms with E-state index in [0.717, 1.165) is 18.2 Å². The maximum atomic E-state index is 5.37. The summed E-state index contributed by atoms with van der Waals surface area (Å²) in [6.45, 7) is 9.47. The van der Waals surface area contributed by atoms with Crippen LogP contribution >= 0.6 is 12.2 Å². The number of rotatable bonds is 3. The van der Waals surface area contributed by atoms with Gasteiger partial charge in [-0.25, -0.2) is 0 Å². The number of thiocarbonyl (C=S) groups is 1. The molecule has 0 bridgehead atoms. The summed E-state index contributed by atoms with van der Waals surface area (Å²) < 4.78 is 5.07. The van der Waals surface area contributed by atoms with E-state index in [1.165, 1.54) is 6.42 Å². The van der Waals surface area contributed by atoms with Crippen molar-refractivity contribution in [3.8, 4) is 0 Å². The third kappa shape index (κ3) is 3.95. The zero-order valence-corrected chi connectivity index (χ0v) is 11.0. The third-order valence-electron chi connectivity index (χ3n) is 2.75. The Kier molecular flexibility index (Phi) is 4.34. The lowest BCUT2D eigenvalue weighted by Crippen LogP contribution is -2.44. The average molecular weight is 230 g/mol. The zero-order chi connectivity index (χ0) is 11.5. The van der Waals surface area contributed by atoms with Gasteiger partial charge in [-0.05, 0) is 31.0 Å². The van der Waals surface area contributed by atoms with Crippen LogP contribution in [0.15, 0.2) is 0 Å². The predicted molar refractivity (Wildman–Crippen MR) is 67.0 cm³/mol. The smallest absolute Gasteiger partial charge is 0.169 e. The molecule has 3 nitrogen and oxygen atoms in total. The highest BCUT2D eigenvalue weighted by Gasteiger charge is 2.30. The molecule has 15 heavy (non-hydrogen) atoms. The quantitative estimate of drug-likeness (QED) is 0.745. The fourth-order valence-corrected chi connectivity index (χ4v) is 2.24. The van der Waals surface area contributed by atoms with Crippen LogP contribution in [0.4, 0.5) is 0 Å². The molecule has 1 rings (SSSR count). The van der Waals surface area contributed by atoms with Crippen LogP contribution in [0.1, 0.15) is 27.2 Å². The summed E-state index contributed by atoms with van der Waals surface area (Å²) in [5.74, 6) is 0. The van der Waals surface area contributed by atoms with Gasteiger partial charge in [-0.2, -0.15) is 0 Å². The van der Waals surface area contributed by atoms with Crippen LogP contribution in [-0.2, 0) is 4.74 Å². The van der Waals surface area contributed by atoms with Crippen LogP contribution < -0.4 is 5.32 Å². The van der Waals surface area contributed by atoms with E-state index in [0.29, 0.717) is 12.0 Å². The van der Waals surface area contributed by atoms with Gasteiger partial charge in [-0.3, -0.25) is 0 Å². The van der Waals surface area contributed by atoms with Gasteiger partial charge in [0.15, 0.2) is 5.11 Å². The molecule has 0 aromatic heterocycles. The molecule has 0 spiro atoms. The Morgan fingerprint density at radius 1 is 1.60 bits per heavy atom. The summed E-state index contributed by atoms with van der Waals surface area (Å²) in [6.07, 6.45) is 1.22. The molecule has 0 saturated carbocycles. The summed E-state index contributed by atoms with van der Waals surface area (Å²) in [4.78, 5) is 2.25. The Labute approximate surface area is 98.2 Å². The number of likely N-dealkylation sites (tertiary alicyclic amines) is 1. The van der Waals surface area contributed by atoms with Crippen LogP contribution in [0.3, 0.4) is 0 Å². The Morgan fingerprint density at radius 2 is 2.27 bits per heavy atom. The van der Waals surface area contributed by atoms with E-state index < -0.39 is 0 Å². The molecule has 1 heterocycles. The molecule has 88 valence electrons. The second-order valence-electron chi connectivity index (χ2n) is 5.14. The van der Waals surface area contributed by atoms with Crippen molar-refractivity contribution < 1.29 is 4.74 Å². The van der Waals surface area contributed by atoms with Crippen molar-refractivity contribution in [2.24, 2.45) is 5.41 Å². The van der Waals surface area contributed by atoms with Gasteiger partial charge in [0, 0.05) is 26.2 Å². The average Bonchev–Trinajstić information content (AvgIpc) is 2.46. The molecule has 1 fully saturated rings. The topological polar surface area (TPSA) is 24.5 Å². The molecule has 0 amide bonds. The number of nitrogens with one attached hydrogen (secondary N) is 1. The van der Waals surface area contributed by atoms with Gasteiger partial charge in [0.25, 0.3) is 0 Å². The molecule has 1 N–H and O–H groups in total. The molecule has 0 aromatic rings. The van der Waals surface area contributed by atoms with E-state index in [1.54, 1.807) is 7.11 Å². The monoisotopic (exact) mass is 230 g/mol. The van der Waals surface area contributed by atoms with E-state index in [2.05, 4.69) is 31.0 Å². The van der Waals surface area contributed by atoms with Crippen LogP contribution in [0.5, 0.6) is 0 Å². The van der Waals surface area contributed by atoms with Gasteiger partial charge < -0.3 is 15.0 Å². The Balaban J connectivity index is 2.35. The first-order valence-electron chi connectivity index (χ1n) is 5.49. The second-order valence-corrected chi connectivity index (χ2v) is 5.53. The van der Waals surface area contributed by atoms with Crippen LogP contribution in [0, 0.1) is 5.41 Å². The molecular weight excluding hydrogens is 208 g/mol. The molecule has 0 aliphatic carbocycles. The molecule has 0 aromatic carbocycles. The normalized spacial score (nSPS) is 21.5. The highest BCUT2D eigenvalue weighted by Crippen LogP contribution is 2.28. The maximum Gasteiger partial charge on any atom is 0.169 e. The van der Waals surface area contributed by atoms with Crippen LogP contribution in [0.2, 0.25) is 0 Å². The van der Waals surface area contributed by atoms with Crippen molar-refractivity contribution in [3.63, 3.8) is 0 Å². The Bertz CT molecular complexity index is 231. The number of nitrogens with zero attached hydrogens (tertiary/aromatic N) is 1. The van der Waals surface area contributed by atoms with Gasteiger partial charge in [-0.15, -0.1) is 0 Å². The van der Waals surface area contributed by atoms with E-state index in [4.69, 9.17) is 17.0 Å². The largest absolute Gasteiger partial charge is 0.383 e. The minimum absolute atomic E-state index is 0.284. The van der Waals surface area contributed by atoms with Crippen molar-refractivity contribution in [3.05, 3.63) is 0 Å². The first-order chi connectivity index (χ1) is 6.94. The minimum Gasteiger partial charge on any atom is -0.383 e. The fraction of sp³-hybridized carbons (Fsp3) is 0.909. The lowest BCUT2D eigenvalue weighted by atomic mass is 9.93. The van der Waals surface area contributed by atoms with E-state index in [9.17, 15) is 0 Å². The zero-order valence-electron chi connectivity index (χ0n) is 10.2. The van der Waals surface area contributed by atoms with Crippen LogP contribution in [-0.4, -0.2) is 42.9 Å². The van der Waals surface area contributed by atoms with Crippen molar-refractivity contribution in [1.29, 1.82) is 0 Å². The van der Waals surface area contributed by atoms with E-state index in [1.807, 2.05) is 0 Å². The molecule has 0 radical (unpaired) electrons. The summed E-state index contributed by atoms with van der Waals surface area (Å²) in [5, 5.41) is 4.16. The van der Waals surface area contributed by atoms with Gasteiger partial charge in [-0.1, -0.05) is 13.8 Å². The van der Waals surface area contributed by atoms with Crippen molar-refractivity contribution in [2.75, 3.05) is 26.8 Å². The summed E-state index contributed by atoms with van der Waals surface area (Å²) >= 11 is 5.37. The first-order valence-corrected chi connectivity index (χ1v) is 5.90. The highest BCUT2D eigenvalue weighted by atomic mass is 32.1. The molecule has 1 atom stereocenters. The summed E-state index contributed by atoms with van der Waals surface area (Å²) in [7, 11) is 1.71. The number of hydrogen-bond acceptors (Lipinski definition) is 2. The summed E-state index contributed by atoms with van der Waals surface area (Å²) in [5.41, 5.74) is 0.399. The van der Waals surface area contributed by atoms with E-state index in [-0.39, 0.29) is 6.04 Å². The van der Waals surface area contributed by atoms with Gasteiger partial charge in [0.05, 0.1) is 6.61 Å². The number of ether oxygens (including phenoxy) is 1. The number of methoxy groups -OCH3 is 1. The Hall–Kier alpha value is -0.350. The van der Waals surface area contributed by atoms with Crippen molar-refractivity contribution in [1.82, 2.24) is 10.2 Å². The third-order valence-corrected chi connectivity index (χ3v) is 3.13. The van der Waals surface area contributed by atoms with Crippen LogP contribution in [0.25, 0.3) is 0 Å². The SMILES string of the molecule is COCC(C)NC(=S)N1CCC(C)(C)C1. The molecule has 1 unspecified atom stereocenters. The van der Waals surface area contributed by atoms with Gasteiger partial charge in [0.2, 0.25) is 0 Å². The summed E-state index contributed by atoms with van der Waals surface area (Å²) in [6, 6.07) is 0.284. The molecule has 1 aliphatic heterocycles. The first kappa shape index (κ1) is 12.7. The minimum atomic E-state index is 0.284. The lowest BCUT2D eigenvalue weighted by molar-refractivity contribution is 0.178. The Morgan fingerprint density at radius 3 is 2.73 bits per heavy atom. The van der Waals surface area contributed by atoms with Gasteiger partial charge >= 0.3 is 0 Å². The fourth-order valence-electron chi connectivity index (χ4n) is 1.88. The predicted octanol–water partition coefficient (Wildman–Crippen LogP) is 1.63. The molecule has 1 saturated heterocycles. The van der Waals surface area contributed by atoms with Crippen molar-refractivity contribution in [2.45, 2.75) is 33.2 Å². The van der Waals surface area contributed by atoms with E-state index >= 15 is 0 Å². The van der Waals surface area contributed by atoms with Gasteiger partial charge in [0.1, 0.15) is 0 Å².